The summed E-state index contributed by atoms with van der Waals surface area (Å²) in [7, 11) is 0. The highest BCUT2D eigenvalue weighted by Gasteiger charge is 2.51. The van der Waals surface area contributed by atoms with Crippen molar-refractivity contribution in [2.45, 2.75) is 5.41 Å². The molecule has 0 saturated carbocycles. The van der Waals surface area contributed by atoms with Crippen molar-refractivity contribution in [2.24, 2.45) is 0 Å². The molecule has 2 aliphatic carbocycles. The van der Waals surface area contributed by atoms with E-state index in [4.69, 9.17) is 15.0 Å². The zero-order valence-electron chi connectivity index (χ0n) is 59.7. The highest BCUT2D eigenvalue weighted by molar-refractivity contribution is 5.97. The van der Waals surface area contributed by atoms with Crippen LogP contribution in [0.1, 0.15) is 22.3 Å². The summed E-state index contributed by atoms with van der Waals surface area (Å²) in [5.41, 5.74) is 38.5. The van der Waals surface area contributed by atoms with Crippen molar-refractivity contribution in [1.29, 1.82) is 0 Å². The van der Waals surface area contributed by atoms with E-state index in [-0.39, 0.29) is 0 Å². The molecule has 0 aliphatic heterocycles. The predicted octanol–water partition coefficient (Wildman–Crippen LogP) is 27.6. The van der Waals surface area contributed by atoms with Gasteiger partial charge in [0.25, 0.3) is 0 Å². The first-order chi connectivity index (χ1) is 53.9. The van der Waals surface area contributed by atoms with Crippen molar-refractivity contribution in [3.63, 3.8) is 0 Å². The van der Waals surface area contributed by atoms with Crippen LogP contribution in [-0.2, 0) is 5.41 Å². The molecule has 1 spiro atoms. The molecule has 18 aromatic rings. The van der Waals surface area contributed by atoms with Crippen LogP contribution in [0, 0.1) is 0 Å². The molecular formula is C106H69N3. The number of hydrogen-bond acceptors (Lipinski definition) is 3. The molecule has 0 radical (unpaired) electrons. The molecule has 0 amide bonds. The number of fused-ring (bicyclic) bond motifs is 10. The Kier molecular flexibility index (Phi) is 16.1. The van der Waals surface area contributed by atoms with E-state index in [0.29, 0.717) is 17.5 Å². The number of nitrogens with zero attached hydrogens (tertiary/aromatic N) is 3. The molecule has 1 aromatic heterocycles. The Balaban J connectivity index is 0.585. The van der Waals surface area contributed by atoms with Gasteiger partial charge in [0.1, 0.15) is 0 Å². The summed E-state index contributed by atoms with van der Waals surface area (Å²) >= 11 is 0. The van der Waals surface area contributed by atoms with Gasteiger partial charge in [0.15, 0.2) is 17.5 Å². The van der Waals surface area contributed by atoms with Crippen LogP contribution in [0.25, 0.3) is 179 Å². The van der Waals surface area contributed by atoms with E-state index in [1.54, 1.807) is 0 Å². The van der Waals surface area contributed by atoms with Crippen LogP contribution in [0.5, 0.6) is 0 Å². The Morgan fingerprint density at radius 3 is 0.550 bits per heavy atom. The third-order valence-electron chi connectivity index (χ3n) is 22.2. The molecule has 2 aliphatic rings. The Morgan fingerprint density at radius 2 is 0.294 bits per heavy atom. The fraction of sp³-hybridized carbons (Fsp3) is 0.00943. The van der Waals surface area contributed by atoms with Crippen molar-refractivity contribution >= 4 is 0 Å². The molecule has 1 heterocycles. The minimum absolute atomic E-state index is 0.395. The summed E-state index contributed by atoms with van der Waals surface area (Å²) in [6.07, 6.45) is 0. The highest BCUT2D eigenvalue weighted by atomic mass is 15.0. The van der Waals surface area contributed by atoms with Gasteiger partial charge in [-0.25, -0.2) is 15.0 Å². The van der Waals surface area contributed by atoms with Crippen molar-refractivity contribution < 1.29 is 0 Å². The van der Waals surface area contributed by atoms with Gasteiger partial charge in [0.2, 0.25) is 0 Å². The lowest BCUT2D eigenvalue weighted by Gasteiger charge is -2.30. The average Bonchev–Trinajstić information content (AvgIpc) is 1.51. The van der Waals surface area contributed by atoms with Gasteiger partial charge in [-0.3, -0.25) is 0 Å². The van der Waals surface area contributed by atoms with E-state index in [2.05, 4.69) is 419 Å². The summed E-state index contributed by atoms with van der Waals surface area (Å²) in [5.74, 6) is 1.79. The Bertz CT molecular complexity index is 6260. The van der Waals surface area contributed by atoms with Gasteiger partial charge in [0.05, 0.1) is 5.41 Å². The zero-order chi connectivity index (χ0) is 72.2. The molecular weight excluding hydrogens is 1320 g/mol. The van der Waals surface area contributed by atoms with Gasteiger partial charge in [-0.1, -0.05) is 364 Å². The van der Waals surface area contributed by atoms with Crippen LogP contribution in [0.2, 0.25) is 0 Å². The molecule has 0 unspecified atom stereocenters. The second-order valence-electron chi connectivity index (χ2n) is 28.6. The molecule has 0 bridgehead atoms. The van der Waals surface area contributed by atoms with Gasteiger partial charge in [-0.15, -0.1) is 0 Å². The Morgan fingerprint density at radius 1 is 0.119 bits per heavy atom. The van der Waals surface area contributed by atoms with Crippen LogP contribution >= 0.6 is 0 Å². The minimum Gasteiger partial charge on any atom is -0.208 e. The lowest BCUT2D eigenvalue weighted by atomic mass is 9.70. The molecule has 0 atom stereocenters. The Hall–Kier alpha value is -14.3. The topological polar surface area (TPSA) is 38.7 Å². The molecule has 20 rings (SSSR count). The summed E-state index contributed by atoms with van der Waals surface area (Å²) in [6, 6.07) is 152. The molecule has 109 heavy (non-hydrogen) atoms. The van der Waals surface area contributed by atoms with E-state index in [9.17, 15) is 0 Å². The van der Waals surface area contributed by atoms with E-state index in [1.807, 2.05) is 0 Å². The summed E-state index contributed by atoms with van der Waals surface area (Å²) in [4.78, 5) is 15.8. The van der Waals surface area contributed by atoms with Crippen molar-refractivity contribution in [3.8, 4) is 179 Å². The lowest BCUT2D eigenvalue weighted by Crippen LogP contribution is -2.25. The Labute approximate surface area is 635 Å². The standard InChI is InChI=1S/C106H69N3/c1-3-21-70(22-4-1)78-25-13-30-83(61-78)85-32-15-27-80(63-85)72-47-53-75(54-48-72)103-107-104(76-55-49-73(50-56-76)81-28-16-33-86(64-81)84-31-14-26-79(62-84)71-23-5-2-6-24-71)109-105(108-103)77-57-51-74(52-58-77)82-29-17-34-87(65-82)88-35-18-36-89(66-88)90-37-19-38-91(67-90)92-39-20-40-93(68-92)94-59-60-98-97-43-9-12-46-101(97)106(102(98)69-94)99-44-10-7-41-95(99)96-42-8-11-45-100(96)106/h1-69H. The molecule has 508 valence electrons. The van der Waals surface area contributed by atoms with Gasteiger partial charge >= 0.3 is 0 Å². The number of aromatic nitrogens is 3. The second-order valence-corrected chi connectivity index (χ2v) is 28.6. The maximum absolute atomic E-state index is 5.26. The summed E-state index contributed by atoms with van der Waals surface area (Å²) < 4.78 is 0. The van der Waals surface area contributed by atoms with Crippen LogP contribution in [0.4, 0.5) is 0 Å². The maximum atomic E-state index is 5.26. The third kappa shape index (κ3) is 11.9. The lowest BCUT2D eigenvalue weighted by molar-refractivity contribution is 0.794. The molecule has 17 aromatic carbocycles. The first-order valence-corrected chi connectivity index (χ1v) is 37.4. The molecule has 3 nitrogen and oxygen atoms in total. The third-order valence-corrected chi connectivity index (χ3v) is 22.2. The summed E-state index contributed by atoms with van der Waals surface area (Å²) in [5, 5.41) is 0. The fourth-order valence-electron chi connectivity index (χ4n) is 16.8. The van der Waals surface area contributed by atoms with E-state index < -0.39 is 5.41 Å². The van der Waals surface area contributed by atoms with Crippen LogP contribution in [-0.4, -0.2) is 15.0 Å². The maximum Gasteiger partial charge on any atom is 0.164 e. The van der Waals surface area contributed by atoms with Gasteiger partial charge in [0, 0.05) is 16.7 Å². The predicted molar refractivity (Wildman–Crippen MR) is 452 cm³/mol. The first kappa shape index (κ1) is 64.4. The zero-order valence-corrected chi connectivity index (χ0v) is 59.7. The van der Waals surface area contributed by atoms with Gasteiger partial charge in [-0.05, 0) is 222 Å². The number of benzene rings is 17. The molecule has 0 N–H and O–H groups in total. The van der Waals surface area contributed by atoms with Crippen LogP contribution < -0.4 is 0 Å². The number of rotatable bonds is 14. The van der Waals surface area contributed by atoms with Crippen LogP contribution in [0.15, 0.2) is 419 Å². The first-order valence-electron chi connectivity index (χ1n) is 37.4. The fourth-order valence-corrected chi connectivity index (χ4v) is 16.8. The molecule has 0 fully saturated rings. The molecule has 3 heteroatoms. The quantitative estimate of drug-likeness (QED) is 0.109. The van der Waals surface area contributed by atoms with Gasteiger partial charge < -0.3 is 0 Å². The molecule has 0 saturated heterocycles. The normalized spacial score (nSPS) is 12.1. The van der Waals surface area contributed by atoms with E-state index in [0.717, 1.165) is 83.5 Å². The monoisotopic (exact) mass is 1380 g/mol. The van der Waals surface area contributed by atoms with Crippen molar-refractivity contribution in [3.05, 3.63) is 441 Å². The second kappa shape index (κ2) is 27.3. The summed E-state index contributed by atoms with van der Waals surface area (Å²) in [6.45, 7) is 0. The average molecular weight is 1380 g/mol. The van der Waals surface area contributed by atoms with E-state index in [1.165, 1.54) is 100 Å². The smallest absolute Gasteiger partial charge is 0.164 e. The van der Waals surface area contributed by atoms with Crippen molar-refractivity contribution in [2.75, 3.05) is 0 Å². The highest BCUT2D eigenvalue weighted by Crippen LogP contribution is 2.63. The minimum atomic E-state index is -0.395. The van der Waals surface area contributed by atoms with E-state index >= 15 is 0 Å². The van der Waals surface area contributed by atoms with Crippen LogP contribution in [0.3, 0.4) is 0 Å². The largest absolute Gasteiger partial charge is 0.208 e. The van der Waals surface area contributed by atoms with Gasteiger partial charge in [-0.2, -0.15) is 0 Å². The number of hydrogen-bond donors (Lipinski definition) is 0. The van der Waals surface area contributed by atoms with Crippen molar-refractivity contribution in [1.82, 2.24) is 15.0 Å². The SMILES string of the molecule is c1ccc(-c2cccc(-c3cccc(-c4ccc(-c5nc(-c6ccc(-c7cccc(-c8cccc(-c9ccccc9)c8)c7)cc6)nc(-c6ccc(-c7cccc(-c8cccc(-c9cccc(-c%10cccc(-c%11ccc%12c(c%11)C%11(c%13ccccc%13-c%13ccccc%13%11)c%11ccccc%11-%12)c%10)c9)c8)c7)cc6)n5)cc4)c3)c2)cc1.